The molecule has 0 aliphatic carbocycles. The van der Waals surface area contributed by atoms with Crippen LogP contribution in [0.3, 0.4) is 0 Å². The quantitative estimate of drug-likeness (QED) is 0.0838. The summed E-state index contributed by atoms with van der Waals surface area (Å²) in [5.41, 5.74) is 9.40. The first kappa shape index (κ1) is 27.9. The number of hydrogen-bond donors (Lipinski definition) is 0. The van der Waals surface area contributed by atoms with Gasteiger partial charge in [0.15, 0.2) is 0 Å². The molecule has 2 heterocycles. The van der Waals surface area contributed by atoms with Crippen molar-refractivity contribution in [2.45, 2.75) is 103 Å². The third-order valence-electron chi connectivity index (χ3n) is 7.95. The summed E-state index contributed by atoms with van der Waals surface area (Å²) in [7, 11) is -1.93. The van der Waals surface area contributed by atoms with Crippen molar-refractivity contribution in [2.24, 2.45) is 0 Å². The maximum Gasteiger partial charge on any atom is 0.0818 e. The summed E-state index contributed by atoms with van der Waals surface area (Å²) in [5.74, 6) is 0. The minimum Gasteiger partial charge on any atom is -0.245 e. The molecule has 0 fully saturated rings. The SMILES string of the molecule is C[Si](C)(C)CCCCCc1c2cc3ncsc3cc2c(CCCCC[Si](C)(C)C)c2cc3ncsc3cc12. The second-order valence-electron chi connectivity index (χ2n) is 13.6. The molecule has 0 saturated heterocycles. The van der Waals surface area contributed by atoms with Crippen molar-refractivity contribution in [3.63, 3.8) is 0 Å². The first-order chi connectivity index (χ1) is 18.1. The summed E-state index contributed by atoms with van der Waals surface area (Å²) < 4.78 is 2.63. The number of thiazole rings is 2. The highest BCUT2D eigenvalue weighted by atomic mass is 32.1. The molecule has 5 aromatic rings. The number of hydrogen-bond acceptors (Lipinski definition) is 4. The van der Waals surface area contributed by atoms with Crippen molar-refractivity contribution in [1.29, 1.82) is 0 Å². The van der Waals surface area contributed by atoms with Crippen LogP contribution < -0.4 is 0 Å². The molecule has 38 heavy (non-hydrogen) atoms. The normalized spacial score (nSPS) is 13.0. The van der Waals surface area contributed by atoms with Gasteiger partial charge in [-0.05, 0) is 82.6 Å². The first-order valence-corrected chi connectivity index (χ1v) is 23.7. The van der Waals surface area contributed by atoms with Gasteiger partial charge in [-0.15, -0.1) is 22.7 Å². The molecular weight excluding hydrogens is 533 g/mol. The molecule has 0 N–H and O–H groups in total. The number of benzene rings is 3. The van der Waals surface area contributed by atoms with E-state index in [0.717, 1.165) is 23.9 Å². The molecule has 0 radical (unpaired) electrons. The van der Waals surface area contributed by atoms with Crippen LogP contribution in [-0.2, 0) is 12.8 Å². The van der Waals surface area contributed by atoms with Gasteiger partial charge >= 0.3 is 0 Å². The maximum absolute atomic E-state index is 4.73. The van der Waals surface area contributed by atoms with Gasteiger partial charge in [0.2, 0.25) is 0 Å². The Morgan fingerprint density at radius 1 is 0.526 bits per heavy atom. The highest BCUT2D eigenvalue weighted by Gasteiger charge is 2.18. The van der Waals surface area contributed by atoms with Gasteiger partial charge in [-0.2, -0.15) is 0 Å². The van der Waals surface area contributed by atoms with E-state index in [1.165, 1.54) is 92.7 Å². The van der Waals surface area contributed by atoms with Crippen LogP contribution >= 0.6 is 22.7 Å². The van der Waals surface area contributed by atoms with E-state index >= 15 is 0 Å². The van der Waals surface area contributed by atoms with Crippen LogP contribution in [-0.4, -0.2) is 26.1 Å². The van der Waals surface area contributed by atoms with Gasteiger partial charge in [-0.3, -0.25) is 0 Å². The van der Waals surface area contributed by atoms with Crippen molar-refractivity contribution in [3.05, 3.63) is 46.4 Å². The van der Waals surface area contributed by atoms with Crippen LogP contribution in [0.25, 0.3) is 42.0 Å². The number of aryl methyl sites for hydroxylation is 2. The Morgan fingerprint density at radius 2 is 0.921 bits per heavy atom. The lowest BCUT2D eigenvalue weighted by atomic mass is 9.87. The minimum absolute atomic E-state index is 0.967. The highest BCUT2D eigenvalue weighted by Crippen LogP contribution is 2.40. The Labute approximate surface area is 238 Å². The van der Waals surface area contributed by atoms with Crippen molar-refractivity contribution in [3.8, 4) is 0 Å². The Kier molecular flexibility index (Phi) is 8.44. The van der Waals surface area contributed by atoms with Crippen molar-refractivity contribution < 1.29 is 0 Å². The van der Waals surface area contributed by atoms with Crippen LogP contribution in [0.2, 0.25) is 51.4 Å². The zero-order valence-corrected chi connectivity index (χ0v) is 27.9. The molecule has 0 saturated carbocycles. The molecule has 0 aliphatic heterocycles. The van der Waals surface area contributed by atoms with Crippen LogP contribution in [0.4, 0.5) is 0 Å². The molecule has 0 aliphatic rings. The summed E-state index contributed by atoms with van der Waals surface area (Å²) in [6.07, 6.45) is 10.2. The summed E-state index contributed by atoms with van der Waals surface area (Å²) >= 11 is 3.55. The van der Waals surface area contributed by atoms with Gasteiger partial charge in [0.25, 0.3) is 0 Å². The number of fused-ring (bicyclic) bond motifs is 4. The van der Waals surface area contributed by atoms with Crippen LogP contribution in [0, 0.1) is 0 Å². The lowest BCUT2D eigenvalue weighted by Gasteiger charge is -2.19. The van der Waals surface area contributed by atoms with E-state index in [1.54, 1.807) is 22.7 Å². The minimum atomic E-state index is -0.967. The number of aromatic nitrogens is 2. The summed E-state index contributed by atoms with van der Waals surface area (Å²) in [6.45, 7) is 15.0. The monoisotopic (exact) mass is 576 g/mol. The fourth-order valence-corrected chi connectivity index (χ4v) is 9.92. The van der Waals surface area contributed by atoms with E-state index in [2.05, 4.69) is 63.5 Å². The van der Waals surface area contributed by atoms with E-state index in [1.807, 2.05) is 11.0 Å². The number of nitrogens with zero attached hydrogens (tertiary/aromatic N) is 2. The zero-order chi connectivity index (χ0) is 26.9. The predicted molar refractivity (Wildman–Crippen MR) is 179 cm³/mol. The molecule has 6 heteroatoms. The van der Waals surface area contributed by atoms with E-state index in [0.29, 0.717) is 0 Å². The fraction of sp³-hybridized carbons (Fsp3) is 0.500. The average molecular weight is 577 g/mol. The second-order valence-corrected chi connectivity index (χ2v) is 26.7. The molecular formula is C32H44N2S2Si2. The topological polar surface area (TPSA) is 25.8 Å². The smallest absolute Gasteiger partial charge is 0.0818 e. The van der Waals surface area contributed by atoms with Gasteiger partial charge < -0.3 is 0 Å². The Balaban J connectivity index is 1.56. The molecule has 0 spiro atoms. The summed E-state index contributed by atoms with van der Waals surface area (Å²) in [5, 5.41) is 5.82. The molecule has 202 valence electrons. The van der Waals surface area contributed by atoms with E-state index in [4.69, 9.17) is 9.97 Å². The molecule has 0 bridgehead atoms. The van der Waals surface area contributed by atoms with Crippen LogP contribution in [0.15, 0.2) is 35.3 Å². The Morgan fingerprint density at radius 3 is 1.32 bits per heavy atom. The lowest BCUT2D eigenvalue weighted by molar-refractivity contribution is 0.713. The Hall–Kier alpha value is -1.61. The van der Waals surface area contributed by atoms with Crippen molar-refractivity contribution in [2.75, 3.05) is 0 Å². The van der Waals surface area contributed by atoms with Crippen molar-refractivity contribution >= 4 is 80.8 Å². The van der Waals surface area contributed by atoms with E-state index in [-0.39, 0.29) is 0 Å². The van der Waals surface area contributed by atoms with E-state index in [9.17, 15) is 0 Å². The van der Waals surface area contributed by atoms with Crippen molar-refractivity contribution in [1.82, 2.24) is 9.97 Å². The van der Waals surface area contributed by atoms with Crippen LogP contribution in [0.1, 0.15) is 49.7 Å². The van der Waals surface area contributed by atoms with Crippen LogP contribution in [0.5, 0.6) is 0 Å². The fourth-order valence-electron chi connectivity index (χ4n) is 5.90. The van der Waals surface area contributed by atoms with Gasteiger partial charge in [-0.25, -0.2) is 9.97 Å². The molecule has 0 atom stereocenters. The average Bonchev–Trinajstić information content (AvgIpc) is 3.49. The standard InChI is InChI=1S/C32H44N2S2Si2/c1-37(2,3)15-11-7-9-13-23-25-17-29-32(36-21-33-29)20-28(25)24(14-10-8-12-16-38(4,5)6)26-18-30-31(19-27(23)26)35-22-34-30/h17-22H,7-16H2,1-6H3. The molecule has 0 unspecified atom stereocenters. The predicted octanol–water partition coefficient (Wildman–Crippen LogP) is 11.3. The highest BCUT2D eigenvalue weighted by molar-refractivity contribution is 7.17. The zero-order valence-electron chi connectivity index (χ0n) is 24.2. The second kappa shape index (κ2) is 11.5. The van der Waals surface area contributed by atoms with Gasteiger partial charge in [0, 0.05) is 16.1 Å². The molecule has 5 rings (SSSR count). The third kappa shape index (κ3) is 6.57. The summed E-state index contributed by atoms with van der Waals surface area (Å²) in [6, 6.07) is 12.6. The molecule has 3 aromatic carbocycles. The maximum atomic E-state index is 4.73. The Bertz CT molecular complexity index is 1350. The van der Waals surface area contributed by atoms with Gasteiger partial charge in [-0.1, -0.05) is 77.1 Å². The van der Waals surface area contributed by atoms with Gasteiger partial charge in [0.05, 0.1) is 31.5 Å². The lowest BCUT2D eigenvalue weighted by Crippen LogP contribution is -2.18. The molecule has 2 nitrogen and oxygen atoms in total. The summed E-state index contributed by atoms with van der Waals surface area (Å²) in [4.78, 5) is 9.45. The molecule has 2 aromatic heterocycles. The largest absolute Gasteiger partial charge is 0.245 e. The molecule has 0 amide bonds. The number of rotatable bonds is 12. The van der Waals surface area contributed by atoms with E-state index < -0.39 is 16.1 Å². The third-order valence-corrected chi connectivity index (χ3v) is 13.2. The first-order valence-electron chi connectivity index (χ1n) is 14.6. The number of unbranched alkanes of at least 4 members (excludes halogenated alkanes) is 4. The van der Waals surface area contributed by atoms with Gasteiger partial charge in [0.1, 0.15) is 0 Å².